The summed E-state index contributed by atoms with van der Waals surface area (Å²) in [7, 11) is -4.79. The first-order valence-electron chi connectivity index (χ1n) is 8.10. The van der Waals surface area contributed by atoms with Crippen molar-refractivity contribution < 1.29 is 35.2 Å². The summed E-state index contributed by atoms with van der Waals surface area (Å²) in [5.74, 6) is -4.08. The fourth-order valence-electron chi connectivity index (χ4n) is 2.48. The minimum absolute atomic E-state index is 0.0488. The number of nitrogens with zero attached hydrogens (tertiary/aromatic N) is 4. The number of hydrogen-bond acceptors (Lipinski definition) is 6. The van der Waals surface area contributed by atoms with Crippen molar-refractivity contribution in [3.05, 3.63) is 70.0 Å². The first-order valence-corrected chi connectivity index (χ1v) is 9.96. The molecule has 0 bridgehead atoms. The van der Waals surface area contributed by atoms with E-state index in [1.54, 1.807) is 6.07 Å². The quantitative estimate of drug-likeness (QED) is 0.560. The average Bonchev–Trinajstić information content (AvgIpc) is 3.15. The van der Waals surface area contributed by atoms with E-state index in [4.69, 9.17) is 16.9 Å². The van der Waals surface area contributed by atoms with Crippen LogP contribution in [0.1, 0.15) is 21.7 Å². The lowest BCUT2D eigenvalue weighted by Gasteiger charge is -2.12. The van der Waals surface area contributed by atoms with Crippen LogP contribution in [0.15, 0.2) is 41.3 Å². The summed E-state index contributed by atoms with van der Waals surface area (Å²) in [4.78, 5) is 11.6. The maximum Gasteiger partial charge on any atom is 0.435 e. The Morgan fingerprint density at radius 1 is 1.12 bits per heavy atom. The minimum atomic E-state index is -5.32. The van der Waals surface area contributed by atoms with Gasteiger partial charge in [0.15, 0.2) is 11.4 Å². The van der Waals surface area contributed by atoms with Crippen LogP contribution in [-0.2, 0) is 16.2 Å². The van der Waals surface area contributed by atoms with Gasteiger partial charge in [0.2, 0.25) is 0 Å². The molecule has 166 valence electrons. The third kappa shape index (κ3) is 4.39. The van der Waals surface area contributed by atoms with Gasteiger partial charge in [-0.3, -0.25) is 4.79 Å². The SMILES string of the molecule is N#Cc1ccc(-n2nnc(C(=O)NS(=O)(=O)c3ccc(F)c(Cl)c3)c2C(F)(F)F)c(F)c1. The fraction of sp³-hybridized carbons (Fsp3) is 0.0588. The van der Waals surface area contributed by atoms with Crippen LogP contribution in [0.25, 0.3) is 5.69 Å². The summed E-state index contributed by atoms with van der Waals surface area (Å²) in [6.45, 7) is 0. The Hall–Kier alpha value is -3.57. The van der Waals surface area contributed by atoms with E-state index in [1.165, 1.54) is 4.72 Å². The van der Waals surface area contributed by atoms with Crippen molar-refractivity contribution in [2.24, 2.45) is 0 Å². The van der Waals surface area contributed by atoms with Gasteiger partial charge in [-0.2, -0.15) is 18.4 Å². The molecule has 3 rings (SSSR count). The Morgan fingerprint density at radius 3 is 2.38 bits per heavy atom. The number of amides is 1. The number of nitrogens with one attached hydrogen (secondary N) is 1. The zero-order valence-electron chi connectivity index (χ0n) is 15.2. The van der Waals surface area contributed by atoms with Crippen LogP contribution < -0.4 is 4.72 Å². The molecule has 0 aliphatic carbocycles. The van der Waals surface area contributed by atoms with Gasteiger partial charge in [-0.25, -0.2) is 26.6 Å². The summed E-state index contributed by atoms with van der Waals surface area (Å²) in [6.07, 6.45) is -5.32. The molecule has 3 aromatic rings. The van der Waals surface area contributed by atoms with E-state index in [0.717, 1.165) is 18.2 Å². The third-order valence-electron chi connectivity index (χ3n) is 3.89. The predicted molar refractivity (Wildman–Crippen MR) is 97.1 cm³/mol. The summed E-state index contributed by atoms with van der Waals surface area (Å²) >= 11 is 5.48. The van der Waals surface area contributed by atoms with Gasteiger partial charge in [-0.1, -0.05) is 16.8 Å². The van der Waals surface area contributed by atoms with Gasteiger partial charge in [-0.05, 0) is 36.4 Å². The number of halogens is 6. The lowest BCUT2D eigenvalue weighted by molar-refractivity contribution is -0.143. The maximum absolute atomic E-state index is 14.2. The number of aromatic nitrogens is 3. The molecule has 1 amide bonds. The average molecular weight is 492 g/mol. The van der Waals surface area contributed by atoms with Gasteiger partial charge in [0.05, 0.1) is 21.6 Å². The van der Waals surface area contributed by atoms with Crippen molar-refractivity contribution in [1.82, 2.24) is 19.7 Å². The Kier molecular flexibility index (Phi) is 5.90. The van der Waals surface area contributed by atoms with Gasteiger partial charge >= 0.3 is 6.18 Å². The molecule has 0 radical (unpaired) electrons. The monoisotopic (exact) mass is 491 g/mol. The minimum Gasteiger partial charge on any atom is -0.266 e. The number of alkyl halides is 3. The van der Waals surface area contributed by atoms with Crippen LogP contribution in [-0.4, -0.2) is 29.3 Å². The van der Waals surface area contributed by atoms with Crippen molar-refractivity contribution in [2.75, 3.05) is 0 Å². The molecule has 1 N–H and O–H groups in total. The number of hydrogen-bond donors (Lipinski definition) is 1. The van der Waals surface area contributed by atoms with Crippen molar-refractivity contribution in [3.8, 4) is 11.8 Å². The van der Waals surface area contributed by atoms with Gasteiger partial charge < -0.3 is 0 Å². The second kappa shape index (κ2) is 8.17. The van der Waals surface area contributed by atoms with Crippen LogP contribution in [0.2, 0.25) is 5.02 Å². The normalized spacial score (nSPS) is 11.8. The van der Waals surface area contributed by atoms with E-state index in [9.17, 15) is 35.2 Å². The molecule has 0 unspecified atom stereocenters. The molecule has 0 atom stereocenters. The molecular weight excluding hydrogens is 485 g/mol. The molecule has 2 aromatic carbocycles. The highest BCUT2D eigenvalue weighted by atomic mass is 35.5. The summed E-state index contributed by atoms with van der Waals surface area (Å²) in [5.41, 5.74) is -4.33. The smallest absolute Gasteiger partial charge is 0.266 e. The Labute approximate surface area is 180 Å². The first-order chi connectivity index (χ1) is 14.8. The second-order valence-electron chi connectivity index (χ2n) is 5.98. The third-order valence-corrected chi connectivity index (χ3v) is 5.51. The van der Waals surface area contributed by atoms with E-state index in [1.807, 2.05) is 0 Å². The highest BCUT2D eigenvalue weighted by Crippen LogP contribution is 2.33. The largest absolute Gasteiger partial charge is 0.435 e. The lowest BCUT2D eigenvalue weighted by atomic mass is 10.2. The molecule has 0 saturated carbocycles. The van der Waals surface area contributed by atoms with Crippen LogP contribution in [0.5, 0.6) is 0 Å². The van der Waals surface area contributed by atoms with Crippen LogP contribution >= 0.6 is 11.6 Å². The number of benzene rings is 2. The number of carbonyl (C=O) groups excluding carboxylic acids is 1. The molecule has 0 aliphatic heterocycles. The van der Waals surface area contributed by atoms with E-state index in [-0.39, 0.29) is 10.2 Å². The van der Waals surface area contributed by atoms with Crippen LogP contribution in [0.4, 0.5) is 22.0 Å². The standard InChI is InChI=1S/C17H7ClF5N5O3S/c18-10-6-9(2-3-11(10)19)32(30,31)26-16(29)14-15(17(21,22)23)28(27-25-14)13-4-1-8(7-24)5-12(13)20/h1-6H,(H,26,29). The van der Waals surface area contributed by atoms with E-state index < -0.39 is 60.7 Å². The second-order valence-corrected chi connectivity index (χ2v) is 8.07. The molecular formula is C17H7ClF5N5O3S. The van der Waals surface area contributed by atoms with E-state index in [2.05, 4.69) is 10.3 Å². The number of rotatable bonds is 4. The number of sulfonamides is 1. The zero-order chi connectivity index (χ0) is 23.8. The van der Waals surface area contributed by atoms with Crippen molar-refractivity contribution in [3.63, 3.8) is 0 Å². The van der Waals surface area contributed by atoms with Crippen molar-refractivity contribution >= 4 is 27.5 Å². The Balaban J connectivity index is 2.06. The maximum atomic E-state index is 14.2. The summed E-state index contributed by atoms with van der Waals surface area (Å²) < 4.78 is 94.3. The van der Waals surface area contributed by atoms with Gasteiger partial charge in [-0.15, -0.1) is 5.10 Å². The van der Waals surface area contributed by atoms with E-state index >= 15 is 0 Å². The highest BCUT2D eigenvalue weighted by Gasteiger charge is 2.43. The van der Waals surface area contributed by atoms with Crippen LogP contribution in [0.3, 0.4) is 0 Å². The number of nitriles is 1. The summed E-state index contributed by atoms with van der Waals surface area (Å²) in [6, 6.07) is 6.07. The molecule has 1 aromatic heterocycles. The molecule has 0 spiro atoms. The molecule has 32 heavy (non-hydrogen) atoms. The fourth-order valence-corrected chi connectivity index (χ4v) is 3.70. The molecule has 0 fully saturated rings. The lowest BCUT2D eigenvalue weighted by Crippen LogP contribution is -2.32. The Morgan fingerprint density at radius 2 is 1.81 bits per heavy atom. The topological polar surface area (TPSA) is 118 Å². The van der Waals surface area contributed by atoms with Gasteiger partial charge in [0.1, 0.15) is 17.3 Å². The summed E-state index contributed by atoms with van der Waals surface area (Å²) in [5, 5.41) is 14.3. The number of carbonyl (C=O) groups is 1. The first kappa shape index (κ1) is 23.1. The van der Waals surface area contributed by atoms with Gasteiger partial charge in [0, 0.05) is 0 Å². The van der Waals surface area contributed by atoms with Crippen LogP contribution in [0, 0.1) is 23.0 Å². The zero-order valence-corrected chi connectivity index (χ0v) is 16.7. The highest BCUT2D eigenvalue weighted by molar-refractivity contribution is 7.90. The molecule has 0 saturated heterocycles. The van der Waals surface area contributed by atoms with Gasteiger partial charge in [0.25, 0.3) is 15.9 Å². The van der Waals surface area contributed by atoms with Crippen molar-refractivity contribution in [2.45, 2.75) is 11.1 Å². The molecule has 15 heteroatoms. The van der Waals surface area contributed by atoms with E-state index in [0.29, 0.717) is 18.2 Å². The Bertz CT molecular complexity index is 1380. The molecule has 1 heterocycles. The van der Waals surface area contributed by atoms with Crippen molar-refractivity contribution in [1.29, 1.82) is 5.26 Å². The predicted octanol–water partition coefficient (Wildman–Crippen LogP) is 3.21. The molecule has 0 aliphatic rings. The molecule has 8 nitrogen and oxygen atoms in total.